The molecule has 2 bridgehead atoms. The number of ether oxygens (including phenoxy) is 3. The smallest absolute Gasteiger partial charge is 0.410 e. The van der Waals surface area contributed by atoms with Crippen LogP contribution in [0.2, 0.25) is 0 Å². The fourth-order valence-electron chi connectivity index (χ4n) is 3.51. The Morgan fingerprint density at radius 1 is 1.15 bits per heavy atom. The van der Waals surface area contributed by atoms with Crippen LogP contribution < -0.4 is 4.74 Å². The van der Waals surface area contributed by atoms with Gasteiger partial charge >= 0.3 is 6.09 Å². The molecule has 2 aliphatic heterocycles. The van der Waals surface area contributed by atoms with Crippen molar-refractivity contribution in [1.29, 1.82) is 0 Å². The zero-order chi connectivity index (χ0) is 18.9. The lowest BCUT2D eigenvalue weighted by molar-refractivity contribution is -0.0861. The number of amides is 1. The van der Waals surface area contributed by atoms with E-state index >= 15 is 0 Å². The van der Waals surface area contributed by atoms with Crippen LogP contribution in [0, 0.1) is 5.92 Å². The number of ketones is 1. The van der Waals surface area contributed by atoms with E-state index in [1.54, 1.807) is 17.0 Å². The van der Waals surface area contributed by atoms with E-state index in [4.69, 9.17) is 14.2 Å². The van der Waals surface area contributed by atoms with Crippen molar-refractivity contribution in [2.45, 2.75) is 51.3 Å². The Labute approximate surface area is 152 Å². The molecule has 2 saturated heterocycles. The van der Waals surface area contributed by atoms with Crippen molar-refractivity contribution in [1.82, 2.24) is 15.1 Å². The molecule has 2 unspecified atom stereocenters. The first-order valence-corrected chi connectivity index (χ1v) is 8.79. The van der Waals surface area contributed by atoms with Crippen LogP contribution >= 0.6 is 0 Å². The molecular formula is C18H25N3O5. The van der Waals surface area contributed by atoms with Crippen molar-refractivity contribution in [2.75, 3.05) is 20.3 Å². The second-order valence-corrected chi connectivity index (χ2v) is 7.73. The van der Waals surface area contributed by atoms with Crippen LogP contribution in [-0.4, -0.2) is 65.0 Å². The fraction of sp³-hybridized carbons (Fsp3) is 0.667. The van der Waals surface area contributed by atoms with Crippen LogP contribution in [0.15, 0.2) is 12.1 Å². The molecule has 1 aromatic heterocycles. The highest BCUT2D eigenvalue weighted by molar-refractivity contribution is 5.96. The molecule has 0 aromatic carbocycles. The number of hydrogen-bond donors (Lipinski definition) is 0. The van der Waals surface area contributed by atoms with Crippen LogP contribution in [0.1, 0.15) is 44.1 Å². The predicted molar refractivity (Wildman–Crippen MR) is 92.1 cm³/mol. The summed E-state index contributed by atoms with van der Waals surface area (Å²) < 4.78 is 16.1. The molecule has 2 atom stereocenters. The Kier molecular flexibility index (Phi) is 5.13. The highest BCUT2D eigenvalue weighted by Crippen LogP contribution is 2.34. The Balaban J connectivity index is 1.72. The molecule has 8 heteroatoms. The molecule has 0 aliphatic carbocycles. The molecule has 0 radical (unpaired) electrons. The summed E-state index contributed by atoms with van der Waals surface area (Å²) in [5.74, 6) is 0.0998. The van der Waals surface area contributed by atoms with Gasteiger partial charge in [0, 0.05) is 12.0 Å². The summed E-state index contributed by atoms with van der Waals surface area (Å²) in [6.45, 7) is 6.35. The van der Waals surface area contributed by atoms with E-state index in [2.05, 4.69) is 10.2 Å². The topological polar surface area (TPSA) is 90.9 Å². The Morgan fingerprint density at radius 3 is 2.31 bits per heavy atom. The summed E-state index contributed by atoms with van der Waals surface area (Å²) in [5, 5.41) is 7.83. The molecule has 3 rings (SSSR count). The van der Waals surface area contributed by atoms with E-state index in [0.29, 0.717) is 37.6 Å². The molecule has 1 amide bonds. The van der Waals surface area contributed by atoms with Crippen LogP contribution in [0.4, 0.5) is 4.79 Å². The second kappa shape index (κ2) is 7.19. The highest BCUT2D eigenvalue weighted by Gasteiger charge is 2.45. The number of rotatable bonds is 3. The lowest BCUT2D eigenvalue weighted by atomic mass is 9.82. The molecule has 2 fully saturated rings. The van der Waals surface area contributed by atoms with Gasteiger partial charge in [0.2, 0.25) is 5.88 Å². The maximum absolute atomic E-state index is 12.8. The number of aromatic nitrogens is 2. The maximum Gasteiger partial charge on any atom is 0.410 e. The number of carbonyl (C=O) groups is 2. The van der Waals surface area contributed by atoms with E-state index in [1.165, 1.54) is 7.11 Å². The van der Waals surface area contributed by atoms with Gasteiger partial charge in [-0.25, -0.2) is 4.79 Å². The zero-order valence-corrected chi connectivity index (χ0v) is 15.6. The lowest BCUT2D eigenvalue weighted by Gasteiger charge is -2.47. The quantitative estimate of drug-likeness (QED) is 0.759. The van der Waals surface area contributed by atoms with Crippen LogP contribution in [0.25, 0.3) is 0 Å². The van der Waals surface area contributed by atoms with E-state index in [1.807, 2.05) is 20.8 Å². The lowest BCUT2D eigenvalue weighted by Crippen LogP contribution is -2.60. The van der Waals surface area contributed by atoms with E-state index in [0.717, 1.165) is 0 Å². The van der Waals surface area contributed by atoms with Gasteiger partial charge in [0.15, 0.2) is 5.78 Å². The summed E-state index contributed by atoms with van der Waals surface area (Å²) in [6.07, 6.45) is 0.718. The molecule has 0 N–H and O–H groups in total. The molecule has 1 aromatic rings. The summed E-state index contributed by atoms with van der Waals surface area (Å²) in [5.41, 5.74) is -0.238. The summed E-state index contributed by atoms with van der Waals surface area (Å²) >= 11 is 0. The van der Waals surface area contributed by atoms with E-state index in [-0.39, 0.29) is 29.9 Å². The van der Waals surface area contributed by atoms with Gasteiger partial charge < -0.3 is 14.2 Å². The number of carbonyl (C=O) groups excluding carboxylic acids is 2. The van der Waals surface area contributed by atoms with E-state index < -0.39 is 5.60 Å². The zero-order valence-electron chi connectivity index (χ0n) is 15.6. The third-order valence-electron chi connectivity index (χ3n) is 4.60. The van der Waals surface area contributed by atoms with Crippen LogP contribution in [-0.2, 0) is 9.47 Å². The minimum atomic E-state index is -0.558. The van der Waals surface area contributed by atoms with Gasteiger partial charge in [0.25, 0.3) is 0 Å². The second-order valence-electron chi connectivity index (χ2n) is 7.73. The van der Waals surface area contributed by atoms with Crippen molar-refractivity contribution < 1.29 is 23.8 Å². The number of piperidine rings is 1. The SMILES string of the molecule is COc1ccc(C(=O)C2CC3COCC(C2)N3C(=O)OC(C)(C)C)nn1. The standard InChI is InChI=1S/C18H25N3O5/c1-18(2,3)26-17(23)21-12-7-11(8-13(21)10-25-9-12)16(22)14-5-6-15(24-4)20-19-14/h5-6,11-13H,7-10H2,1-4H3. The van der Waals surface area contributed by atoms with E-state index in [9.17, 15) is 9.59 Å². The number of fused-ring (bicyclic) bond motifs is 2. The minimum Gasteiger partial charge on any atom is -0.480 e. The molecular weight excluding hydrogens is 338 g/mol. The van der Waals surface area contributed by atoms with Crippen molar-refractivity contribution in [2.24, 2.45) is 5.92 Å². The molecule has 8 nitrogen and oxygen atoms in total. The Bertz CT molecular complexity index is 656. The molecule has 26 heavy (non-hydrogen) atoms. The van der Waals surface area contributed by atoms with Gasteiger partial charge in [-0.2, -0.15) is 0 Å². The van der Waals surface area contributed by atoms with Crippen LogP contribution in [0.5, 0.6) is 5.88 Å². The van der Waals surface area contributed by atoms with Gasteiger partial charge in [-0.15, -0.1) is 10.2 Å². The van der Waals surface area contributed by atoms with Crippen molar-refractivity contribution in [3.8, 4) is 5.88 Å². The van der Waals surface area contributed by atoms with Gasteiger partial charge in [0.1, 0.15) is 11.3 Å². The number of Topliss-reactive ketones (excluding diaryl/α,β-unsaturated/α-hetero) is 1. The number of methoxy groups -OCH3 is 1. The Hall–Kier alpha value is -2.22. The van der Waals surface area contributed by atoms with Gasteiger partial charge in [-0.1, -0.05) is 0 Å². The number of nitrogens with zero attached hydrogens (tertiary/aromatic N) is 3. The average molecular weight is 363 g/mol. The average Bonchev–Trinajstić information content (AvgIpc) is 2.58. The van der Waals surface area contributed by atoms with Gasteiger partial charge in [-0.05, 0) is 39.7 Å². The molecule has 142 valence electrons. The normalized spacial score (nSPS) is 25.5. The highest BCUT2D eigenvalue weighted by atomic mass is 16.6. The molecule has 0 saturated carbocycles. The fourth-order valence-corrected chi connectivity index (χ4v) is 3.51. The first kappa shape index (κ1) is 18.6. The number of hydrogen-bond acceptors (Lipinski definition) is 7. The summed E-state index contributed by atoms with van der Waals surface area (Å²) in [4.78, 5) is 27.1. The first-order chi connectivity index (χ1) is 12.3. The van der Waals surface area contributed by atoms with Gasteiger partial charge in [-0.3, -0.25) is 9.69 Å². The van der Waals surface area contributed by atoms with Crippen molar-refractivity contribution >= 4 is 11.9 Å². The van der Waals surface area contributed by atoms with Crippen LogP contribution in [0.3, 0.4) is 0 Å². The molecule has 2 aliphatic rings. The predicted octanol–water partition coefficient (Wildman–Crippen LogP) is 2.08. The monoisotopic (exact) mass is 363 g/mol. The van der Waals surface area contributed by atoms with Gasteiger partial charge in [0.05, 0.1) is 32.4 Å². The Morgan fingerprint density at radius 2 is 1.81 bits per heavy atom. The van der Waals surface area contributed by atoms with Crippen molar-refractivity contribution in [3.63, 3.8) is 0 Å². The molecule has 3 heterocycles. The number of morpholine rings is 1. The van der Waals surface area contributed by atoms with Crippen molar-refractivity contribution in [3.05, 3.63) is 17.8 Å². The third kappa shape index (κ3) is 3.95. The summed E-state index contributed by atoms with van der Waals surface area (Å²) in [6, 6.07) is 2.91. The third-order valence-corrected chi connectivity index (χ3v) is 4.60. The largest absolute Gasteiger partial charge is 0.480 e. The summed E-state index contributed by atoms with van der Waals surface area (Å²) in [7, 11) is 1.50. The minimum absolute atomic E-state index is 0.0547. The first-order valence-electron chi connectivity index (χ1n) is 8.79. The maximum atomic E-state index is 12.8. The molecule has 0 spiro atoms.